The van der Waals surface area contributed by atoms with Gasteiger partial charge in [-0.2, -0.15) is 10.5 Å². The van der Waals surface area contributed by atoms with Crippen LogP contribution in [0.25, 0.3) is 0 Å². The van der Waals surface area contributed by atoms with E-state index < -0.39 is 14.2 Å². The average Bonchev–Trinajstić information content (AvgIpc) is 2.67. The van der Waals surface area contributed by atoms with E-state index in [-0.39, 0.29) is 16.9 Å². The summed E-state index contributed by atoms with van der Waals surface area (Å²) in [5, 5.41) is 36.9. The van der Waals surface area contributed by atoms with Gasteiger partial charge in [0, 0.05) is 24.6 Å². The van der Waals surface area contributed by atoms with Crippen LogP contribution in [0.5, 0.6) is 0 Å². The third kappa shape index (κ3) is 3.58. The minimum atomic E-state index is -1.69. The van der Waals surface area contributed by atoms with Gasteiger partial charge in [-0.15, -0.1) is 0 Å². The zero-order chi connectivity index (χ0) is 17.8. The minimum Gasteiger partial charge on any atom is -0.423 e. The molecular weight excluding hydrogens is 318 g/mol. The van der Waals surface area contributed by atoms with Crippen molar-refractivity contribution in [2.24, 2.45) is 0 Å². The SMILES string of the molecule is N#Cc1cc(C2COB(c3ccccc3C#N)OC2)ccc1B(O)O. The molecule has 0 bridgehead atoms. The average molecular weight is 332 g/mol. The molecule has 2 aromatic carbocycles. The molecule has 1 fully saturated rings. The normalized spacial score (nSPS) is 14.6. The van der Waals surface area contributed by atoms with Crippen molar-refractivity contribution in [1.82, 2.24) is 0 Å². The van der Waals surface area contributed by atoms with Crippen LogP contribution in [0, 0.1) is 22.7 Å². The van der Waals surface area contributed by atoms with E-state index in [2.05, 4.69) is 6.07 Å². The zero-order valence-corrected chi connectivity index (χ0v) is 13.3. The van der Waals surface area contributed by atoms with E-state index in [4.69, 9.17) is 9.31 Å². The predicted octanol–water partition coefficient (Wildman–Crippen LogP) is -0.364. The molecule has 1 aliphatic rings. The van der Waals surface area contributed by atoms with Crippen molar-refractivity contribution in [3.8, 4) is 12.1 Å². The highest BCUT2D eigenvalue weighted by Crippen LogP contribution is 2.22. The second-order valence-corrected chi connectivity index (χ2v) is 5.73. The highest BCUT2D eigenvalue weighted by molar-refractivity contribution is 6.62. The molecule has 0 saturated carbocycles. The highest BCUT2D eigenvalue weighted by atomic mass is 16.6. The largest absolute Gasteiger partial charge is 0.495 e. The summed E-state index contributed by atoms with van der Waals surface area (Å²) < 4.78 is 11.5. The summed E-state index contributed by atoms with van der Waals surface area (Å²) >= 11 is 0. The lowest BCUT2D eigenvalue weighted by atomic mass is 9.74. The predicted molar refractivity (Wildman–Crippen MR) is 92.2 cm³/mol. The maximum absolute atomic E-state index is 9.28. The van der Waals surface area contributed by atoms with Crippen molar-refractivity contribution in [3.05, 3.63) is 59.2 Å². The Hall–Kier alpha value is -2.61. The molecule has 0 unspecified atom stereocenters. The molecular formula is C17H14B2N2O4. The van der Waals surface area contributed by atoms with Crippen LogP contribution in [0.3, 0.4) is 0 Å². The van der Waals surface area contributed by atoms with E-state index in [1.165, 1.54) is 6.07 Å². The van der Waals surface area contributed by atoms with Crippen LogP contribution < -0.4 is 10.9 Å². The molecule has 1 heterocycles. The molecule has 8 heteroatoms. The Balaban J connectivity index is 1.75. The second-order valence-electron chi connectivity index (χ2n) is 5.73. The van der Waals surface area contributed by atoms with E-state index >= 15 is 0 Å². The van der Waals surface area contributed by atoms with Crippen molar-refractivity contribution < 1.29 is 19.4 Å². The Morgan fingerprint density at radius 3 is 2.32 bits per heavy atom. The van der Waals surface area contributed by atoms with E-state index in [0.717, 1.165) is 5.56 Å². The van der Waals surface area contributed by atoms with Gasteiger partial charge in [0.25, 0.3) is 0 Å². The smallest absolute Gasteiger partial charge is 0.423 e. The first-order chi connectivity index (χ1) is 12.1. The van der Waals surface area contributed by atoms with E-state index in [1.807, 2.05) is 12.1 Å². The van der Waals surface area contributed by atoms with Gasteiger partial charge in [-0.3, -0.25) is 0 Å². The summed E-state index contributed by atoms with van der Waals surface area (Å²) in [6.07, 6.45) is 0. The zero-order valence-electron chi connectivity index (χ0n) is 13.3. The van der Waals surface area contributed by atoms with Gasteiger partial charge in [0.2, 0.25) is 0 Å². The Kier molecular flexibility index (Phi) is 5.18. The molecule has 6 nitrogen and oxygen atoms in total. The molecule has 25 heavy (non-hydrogen) atoms. The van der Waals surface area contributed by atoms with Crippen molar-refractivity contribution in [1.29, 1.82) is 10.5 Å². The van der Waals surface area contributed by atoms with E-state index in [0.29, 0.717) is 24.2 Å². The molecule has 1 aliphatic heterocycles. The fourth-order valence-corrected chi connectivity index (χ4v) is 2.83. The molecule has 2 N–H and O–H groups in total. The minimum absolute atomic E-state index is 0.0810. The lowest BCUT2D eigenvalue weighted by Crippen LogP contribution is -2.44. The topological polar surface area (TPSA) is 106 Å². The summed E-state index contributed by atoms with van der Waals surface area (Å²) in [6.45, 7) is 0.743. The van der Waals surface area contributed by atoms with Crippen LogP contribution >= 0.6 is 0 Å². The van der Waals surface area contributed by atoms with Gasteiger partial charge in [0.05, 0.1) is 23.3 Å². The molecule has 0 aliphatic carbocycles. The van der Waals surface area contributed by atoms with Crippen LogP contribution in [0.15, 0.2) is 42.5 Å². The lowest BCUT2D eigenvalue weighted by Gasteiger charge is -2.28. The number of rotatable bonds is 3. The number of nitrogens with zero attached hydrogens (tertiary/aromatic N) is 2. The van der Waals surface area contributed by atoms with Gasteiger partial charge in [-0.1, -0.05) is 30.3 Å². The maximum Gasteiger partial charge on any atom is 0.495 e. The fourth-order valence-electron chi connectivity index (χ4n) is 2.83. The van der Waals surface area contributed by atoms with Crippen molar-refractivity contribution in [2.75, 3.05) is 13.2 Å². The van der Waals surface area contributed by atoms with Crippen LogP contribution in [0.4, 0.5) is 0 Å². The second kappa shape index (κ2) is 7.52. The third-order valence-corrected chi connectivity index (χ3v) is 4.18. The quantitative estimate of drug-likeness (QED) is 0.744. The van der Waals surface area contributed by atoms with Gasteiger partial charge >= 0.3 is 14.2 Å². The number of hydrogen-bond acceptors (Lipinski definition) is 6. The Bertz CT molecular complexity index is 852. The summed E-state index contributed by atoms with van der Waals surface area (Å²) in [7, 11) is -2.28. The molecule has 1 saturated heterocycles. The highest BCUT2D eigenvalue weighted by Gasteiger charge is 2.32. The van der Waals surface area contributed by atoms with E-state index in [1.54, 1.807) is 30.3 Å². The summed E-state index contributed by atoms with van der Waals surface area (Å²) in [5.74, 6) is -0.0810. The summed E-state index contributed by atoms with van der Waals surface area (Å²) in [4.78, 5) is 0. The number of nitriles is 2. The Morgan fingerprint density at radius 1 is 1.00 bits per heavy atom. The number of benzene rings is 2. The van der Waals surface area contributed by atoms with Crippen molar-refractivity contribution >= 4 is 25.2 Å². The Morgan fingerprint density at radius 2 is 1.68 bits per heavy atom. The van der Waals surface area contributed by atoms with Crippen LogP contribution in [-0.2, 0) is 9.31 Å². The molecule has 122 valence electrons. The van der Waals surface area contributed by atoms with Crippen LogP contribution in [0.2, 0.25) is 0 Å². The van der Waals surface area contributed by atoms with Gasteiger partial charge in [-0.25, -0.2) is 0 Å². The summed E-state index contributed by atoms with van der Waals surface area (Å²) in [5.41, 5.74) is 2.42. The molecule has 0 aromatic heterocycles. The molecule has 0 spiro atoms. The van der Waals surface area contributed by atoms with Crippen molar-refractivity contribution in [2.45, 2.75) is 5.92 Å². The van der Waals surface area contributed by atoms with Gasteiger partial charge in [0.1, 0.15) is 0 Å². The third-order valence-electron chi connectivity index (χ3n) is 4.18. The van der Waals surface area contributed by atoms with Crippen molar-refractivity contribution in [3.63, 3.8) is 0 Å². The Labute approximate surface area is 146 Å². The van der Waals surface area contributed by atoms with Gasteiger partial charge in [-0.05, 0) is 23.2 Å². The standard InChI is InChI=1S/C17H14B2N2O4/c20-8-13-3-1-2-4-17(13)19-24-10-15(11-25-19)12-5-6-16(18(22)23)14(7-12)9-21/h1-7,15,22-23H,10-11H2. The molecule has 3 rings (SSSR count). The first-order valence-electron chi connectivity index (χ1n) is 7.76. The number of hydrogen-bond donors (Lipinski definition) is 2. The van der Waals surface area contributed by atoms with Crippen LogP contribution in [-0.4, -0.2) is 37.5 Å². The summed E-state index contributed by atoms with van der Waals surface area (Å²) in [6, 6.07) is 16.1. The monoisotopic (exact) mass is 332 g/mol. The first-order valence-corrected chi connectivity index (χ1v) is 7.76. The fraction of sp³-hybridized carbons (Fsp3) is 0.176. The lowest BCUT2D eigenvalue weighted by molar-refractivity contribution is 0.121. The first kappa shape index (κ1) is 17.2. The molecule has 0 atom stereocenters. The maximum atomic E-state index is 9.28. The molecule has 0 radical (unpaired) electrons. The van der Waals surface area contributed by atoms with E-state index in [9.17, 15) is 20.6 Å². The van der Waals surface area contributed by atoms with Gasteiger partial charge < -0.3 is 19.4 Å². The van der Waals surface area contributed by atoms with Crippen LogP contribution in [0.1, 0.15) is 22.6 Å². The van der Waals surface area contributed by atoms with Gasteiger partial charge in [0.15, 0.2) is 0 Å². The molecule has 0 amide bonds. The molecule has 2 aromatic rings.